The summed E-state index contributed by atoms with van der Waals surface area (Å²) in [4.78, 5) is 17.4. The number of carbonyl (C=O) groups excluding carboxylic acids is 1. The second kappa shape index (κ2) is 10.8. The number of thiophene rings is 1. The molecule has 144 valence electrons. The SMILES string of the molecule is CN=C(NCCc1cccs1)NCC(C)(C)NC(=O)OC(C)(C)C.I. The van der Waals surface area contributed by atoms with Crippen LogP contribution in [0.15, 0.2) is 22.5 Å². The van der Waals surface area contributed by atoms with Crippen molar-refractivity contribution in [3.63, 3.8) is 0 Å². The Hall–Kier alpha value is -1.03. The molecule has 0 saturated heterocycles. The van der Waals surface area contributed by atoms with Crippen LogP contribution in [0.4, 0.5) is 4.79 Å². The maximum absolute atomic E-state index is 11.9. The minimum atomic E-state index is -0.507. The van der Waals surface area contributed by atoms with E-state index >= 15 is 0 Å². The summed E-state index contributed by atoms with van der Waals surface area (Å²) >= 11 is 1.75. The summed E-state index contributed by atoms with van der Waals surface area (Å²) in [5, 5.41) is 11.4. The predicted molar refractivity (Wildman–Crippen MR) is 116 cm³/mol. The molecule has 1 rings (SSSR count). The molecular weight excluding hydrogens is 451 g/mol. The van der Waals surface area contributed by atoms with Crippen molar-refractivity contribution in [2.24, 2.45) is 4.99 Å². The Morgan fingerprint density at radius 2 is 1.92 bits per heavy atom. The van der Waals surface area contributed by atoms with E-state index < -0.39 is 17.2 Å². The van der Waals surface area contributed by atoms with Crippen LogP contribution in [0.5, 0.6) is 0 Å². The zero-order valence-corrected chi connectivity index (χ0v) is 19.1. The Kier molecular flexibility index (Phi) is 10.4. The van der Waals surface area contributed by atoms with Gasteiger partial charge in [0.2, 0.25) is 0 Å². The maximum Gasteiger partial charge on any atom is 0.408 e. The van der Waals surface area contributed by atoms with Gasteiger partial charge in [-0.3, -0.25) is 4.99 Å². The van der Waals surface area contributed by atoms with Crippen LogP contribution in [-0.2, 0) is 11.2 Å². The Balaban J connectivity index is 0.00000576. The van der Waals surface area contributed by atoms with Crippen LogP contribution in [-0.4, -0.2) is 43.3 Å². The van der Waals surface area contributed by atoms with E-state index in [4.69, 9.17) is 4.74 Å². The van der Waals surface area contributed by atoms with Crippen molar-refractivity contribution >= 4 is 47.4 Å². The van der Waals surface area contributed by atoms with Crippen molar-refractivity contribution in [1.29, 1.82) is 0 Å². The first-order valence-corrected chi connectivity index (χ1v) is 8.97. The van der Waals surface area contributed by atoms with E-state index in [1.165, 1.54) is 4.88 Å². The fourth-order valence-corrected chi connectivity index (χ4v) is 2.62. The standard InChI is InChI=1S/C17H30N4O2S.HI/c1-16(2,3)23-15(22)21-17(4,5)12-20-14(18-6)19-10-9-13-8-7-11-24-13;/h7-8,11H,9-10,12H2,1-6H3,(H,21,22)(H2,18,19,20);1H. The smallest absolute Gasteiger partial charge is 0.408 e. The average molecular weight is 482 g/mol. The Morgan fingerprint density at radius 3 is 2.44 bits per heavy atom. The number of amides is 1. The van der Waals surface area contributed by atoms with Crippen molar-refractivity contribution in [2.45, 2.75) is 52.2 Å². The highest BCUT2D eigenvalue weighted by atomic mass is 127. The molecule has 3 N–H and O–H groups in total. The van der Waals surface area contributed by atoms with Gasteiger partial charge in [0.05, 0.1) is 5.54 Å². The van der Waals surface area contributed by atoms with Gasteiger partial charge in [0.15, 0.2) is 5.96 Å². The van der Waals surface area contributed by atoms with Gasteiger partial charge in [0.25, 0.3) is 0 Å². The minimum absolute atomic E-state index is 0. The van der Waals surface area contributed by atoms with Gasteiger partial charge in [0, 0.05) is 25.0 Å². The number of aliphatic imine (C=N–C) groups is 1. The van der Waals surface area contributed by atoms with E-state index in [0.717, 1.165) is 13.0 Å². The lowest BCUT2D eigenvalue weighted by atomic mass is 10.1. The van der Waals surface area contributed by atoms with Crippen LogP contribution >= 0.6 is 35.3 Å². The second-order valence-electron chi connectivity index (χ2n) is 7.19. The number of ether oxygens (including phenoxy) is 1. The lowest BCUT2D eigenvalue weighted by molar-refractivity contribution is 0.0474. The number of carbonyl (C=O) groups is 1. The third-order valence-corrected chi connectivity index (χ3v) is 3.94. The first-order valence-electron chi connectivity index (χ1n) is 8.09. The molecule has 0 aliphatic heterocycles. The molecule has 1 aromatic heterocycles. The molecule has 0 aliphatic carbocycles. The van der Waals surface area contributed by atoms with Gasteiger partial charge in [-0.15, -0.1) is 35.3 Å². The lowest BCUT2D eigenvalue weighted by Crippen LogP contribution is -2.54. The average Bonchev–Trinajstić information content (AvgIpc) is 2.92. The van der Waals surface area contributed by atoms with E-state index in [2.05, 4.69) is 38.5 Å². The number of guanidine groups is 1. The fraction of sp³-hybridized carbons (Fsp3) is 0.647. The van der Waals surface area contributed by atoms with E-state index in [1.54, 1.807) is 18.4 Å². The minimum Gasteiger partial charge on any atom is -0.444 e. The molecule has 0 unspecified atom stereocenters. The molecule has 0 saturated carbocycles. The van der Waals surface area contributed by atoms with Gasteiger partial charge in [-0.2, -0.15) is 0 Å². The van der Waals surface area contributed by atoms with Crippen LogP contribution < -0.4 is 16.0 Å². The highest BCUT2D eigenvalue weighted by Gasteiger charge is 2.24. The predicted octanol–water partition coefficient (Wildman–Crippen LogP) is 3.38. The van der Waals surface area contributed by atoms with Crippen LogP contribution in [0.25, 0.3) is 0 Å². The topological polar surface area (TPSA) is 74.8 Å². The zero-order valence-electron chi connectivity index (χ0n) is 15.9. The van der Waals surface area contributed by atoms with Crippen LogP contribution in [0.3, 0.4) is 0 Å². The van der Waals surface area contributed by atoms with Gasteiger partial charge in [-0.05, 0) is 52.5 Å². The number of halogens is 1. The first kappa shape index (κ1) is 24.0. The third kappa shape index (κ3) is 11.2. The molecule has 0 fully saturated rings. The third-order valence-electron chi connectivity index (χ3n) is 3.00. The molecule has 0 radical (unpaired) electrons. The monoisotopic (exact) mass is 482 g/mol. The molecule has 0 aliphatic rings. The molecule has 25 heavy (non-hydrogen) atoms. The van der Waals surface area contributed by atoms with Crippen molar-refractivity contribution in [3.05, 3.63) is 22.4 Å². The number of hydrogen-bond donors (Lipinski definition) is 3. The van der Waals surface area contributed by atoms with Gasteiger partial charge in [-0.1, -0.05) is 6.07 Å². The van der Waals surface area contributed by atoms with Crippen molar-refractivity contribution in [3.8, 4) is 0 Å². The lowest BCUT2D eigenvalue weighted by Gasteiger charge is -2.29. The van der Waals surface area contributed by atoms with Crippen molar-refractivity contribution in [2.75, 3.05) is 20.1 Å². The van der Waals surface area contributed by atoms with Gasteiger partial charge < -0.3 is 20.7 Å². The summed E-state index contributed by atoms with van der Waals surface area (Å²) in [5.74, 6) is 0.714. The second-order valence-corrected chi connectivity index (χ2v) is 8.22. The molecule has 0 aromatic carbocycles. The van der Waals surface area contributed by atoms with E-state index in [9.17, 15) is 4.79 Å². The Morgan fingerprint density at radius 1 is 1.24 bits per heavy atom. The molecular formula is C17H31IN4O2S. The summed E-state index contributed by atoms with van der Waals surface area (Å²) in [7, 11) is 1.73. The maximum atomic E-state index is 11.9. The van der Waals surface area contributed by atoms with Crippen molar-refractivity contribution in [1.82, 2.24) is 16.0 Å². The van der Waals surface area contributed by atoms with E-state index in [-0.39, 0.29) is 24.0 Å². The first-order chi connectivity index (χ1) is 11.1. The van der Waals surface area contributed by atoms with Crippen LogP contribution in [0.2, 0.25) is 0 Å². The number of rotatable bonds is 6. The fourth-order valence-electron chi connectivity index (χ4n) is 1.91. The number of alkyl carbamates (subject to hydrolysis) is 1. The highest BCUT2D eigenvalue weighted by molar-refractivity contribution is 14.0. The van der Waals surface area contributed by atoms with Crippen molar-refractivity contribution < 1.29 is 9.53 Å². The number of nitrogens with zero attached hydrogens (tertiary/aromatic N) is 1. The quantitative estimate of drug-likeness (QED) is 0.330. The molecule has 6 nitrogen and oxygen atoms in total. The molecule has 1 aromatic rings. The Labute approximate surface area is 172 Å². The summed E-state index contributed by atoms with van der Waals surface area (Å²) in [6, 6.07) is 4.17. The molecule has 0 spiro atoms. The van der Waals surface area contributed by atoms with Gasteiger partial charge in [0.1, 0.15) is 5.60 Å². The molecule has 0 bridgehead atoms. The Bertz CT molecular complexity index is 539. The van der Waals surface area contributed by atoms with Crippen LogP contribution in [0.1, 0.15) is 39.5 Å². The van der Waals surface area contributed by atoms with E-state index in [1.807, 2.05) is 34.6 Å². The number of nitrogens with one attached hydrogen (secondary N) is 3. The molecule has 8 heteroatoms. The van der Waals surface area contributed by atoms with Gasteiger partial charge in [-0.25, -0.2) is 4.79 Å². The van der Waals surface area contributed by atoms with Crippen LogP contribution in [0, 0.1) is 0 Å². The summed E-state index contributed by atoms with van der Waals surface area (Å²) in [5.41, 5.74) is -0.972. The normalized spacial score (nSPS) is 12.2. The zero-order chi connectivity index (χ0) is 18.2. The summed E-state index contributed by atoms with van der Waals surface area (Å²) in [6.45, 7) is 10.7. The van der Waals surface area contributed by atoms with Gasteiger partial charge >= 0.3 is 6.09 Å². The van der Waals surface area contributed by atoms with E-state index in [0.29, 0.717) is 12.5 Å². The highest BCUT2D eigenvalue weighted by Crippen LogP contribution is 2.09. The largest absolute Gasteiger partial charge is 0.444 e. The molecule has 1 amide bonds. The summed E-state index contributed by atoms with van der Waals surface area (Å²) < 4.78 is 5.29. The summed E-state index contributed by atoms with van der Waals surface area (Å²) in [6.07, 6.45) is 0.535. The number of hydrogen-bond acceptors (Lipinski definition) is 4. The molecule has 1 heterocycles. The molecule has 0 atom stereocenters.